The maximum absolute atomic E-state index is 12.0. The zero-order valence-electron chi connectivity index (χ0n) is 12.1. The molecule has 2 rings (SSSR count). The van der Waals surface area contributed by atoms with E-state index in [-0.39, 0.29) is 5.91 Å². The van der Waals surface area contributed by atoms with Gasteiger partial charge in [0.1, 0.15) is 0 Å². The van der Waals surface area contributed by atoms with E-state index < -0.39 is 0 Å². The third-order valence-corrected chi connectivity index (χ3v) is 4.37. The average Bonchev–Trinajstić information content (AvgIpc) is 3.26. The molecule has 0 aromatic carbocycles. The van der Waals surface area contributed by atoms with Gasteiger partial charge in [-0.25, -0.2) is 0 Å². The van der Waals surface area contributed by atoms with Crippen LogP contribution in [-0.2, 0) is 4.79 Å². The summed E-state index contributed by atoms with van der Waals surface area (Å²) >= 11 is 0. The minimum atomic E-state index is 0.203. The first-order valence-electron chi connectivity index (χ1n) is 8.00. The van der Waals surface area contributed by atoms with Gasteiger partial charge in [-0.2, -0.15) is 0 Å². The fourth-order valence-electron chi connectivity index (χ4n) is 2.95. The Bertz CT molecular complexity index is 273. The summed E-state index contributed by atoms with van der Waals surface area (Å²) in [5, 5.41) is 3.08. The highest BCUT2D eigenvalue weighted by Gasteiger charge is 2.24. The highest BCUT2D eigenvalue weighted by Crippen LogP contribution is 2.27. The molecule has 0 aromatic heterocycles. The number of rotatable bonds is 8. The molecule has 0 atom stereocenters. The Hall–Kier alpha value is -0.610. The van der Waals surface area contributed by atoms with Crippen LogP contribution in [-0.4, -0.2) is 43.0 Å². The molecule has 2 saturated carbocycles. The van der Waals surface area contributed by atoms with Crippen molar-refractivity contribution < 1.29 is 4.79 Å². The predicted molar refractivity (Wildman–Crippen MR) is 77.9 cm³/mol. The summed E-state index contributed by atoms with van der Waals surface area (Å²) in [6, 6.07) is 0.604. The van der Waals surface area contributed by atoms with Gasteiger partial charge >= 0.3 is 0 Å². The second kappa shape index (κ2) is 7.85. The highest BCUT2D eigenvalue weighted by molar-refractivity contribution is 5.78. The van der Waals surface area contributed by atoms with Crippen molar-refractivity contribution >= 4 is 5.91 Å². The number of hydrogen-bond acceptors (Lipinski definition) is 3. The van der Waals surface area contributed by atoms with Crippen LogP contribution in [0.15, 0.2) is 0 Å². The average molecular weight is 267 g/mol. The summed E-state index contributed by atoms with van der Waals surface area (Å²) in [6.07, 6.45) is 10.1. The number of nitrogens with two attached hydrogens (primary N) is 1. The molecular weight excluding hydrogens is 238 g/mol. The Morgan fingerprint density at radius 3 is 2.53 bits per heavy atom. The van der Waals surface area contributed by atoms with Crippen LogP contribution in [0.2, 0.25) is 0 Å². The summed E-state index contributed by atoms with van der Waals surface area (Å²) in [6.45, 7) is 3.14. The molecule has 0 unspecified atom stereocenters. The van der Waals surface area contributed by atoms with Crippen LogP contribution in [0.5, 0.6) is 0 Å². The predicted octanol–water partition coefficient (Wildman–Crippen LogP) is 1.50. The maximum Gasteiger partial charge on any atom is 0.234 e. The van der Waals surface area contributed by atoms with Gasteiger partial charge in [0.15, 0.2) is 0 Å². The zero-order valence-corrected chi connectivity index (χ0v) is 12.1. The van der Waals surface area contributed by atoms with Crippen molar-refractivity contribution in [1.29, 1.82) is 0 Å². The summed E-state index contributed by atoms with van der Waals surface area (Å²) in [4.78, 5) is 14.4. The fourth-order valence-corrected chi connectivity index (χ4v) is 2.95. The van der Waals surface area contributed by atoms with Gasteiger partial charge in [0, 0.05) is 19.1 Å². The topological polar surface area (TPSA) is 58.4 Å². The number of carbonyl (C=O) groups excluding carboxylic acids is 1. The van der Waals surface area contributed by atoms with E-state index in [4.69, 9.17) is 5.73 Å². The lowest BCUT2D eigenvalue weighted by molar-refractivity contribution is -0.123. The highest BCUT2D eigenvalue weighted by atomic mass is 16.2. The van der Waals surface area contributed by atoms with Crippen LogP contribution in [0.3, 0.4) is 0 Å². The van der Waals surface area contributed by atoms with Gasteiger partial charge in [-0.15, -0.1) is 0 Å². The van der Waals surface area contributed by atoms with Crippen LogP contribution >= 0.6 is 0 Å². The minimum absolute atomic E-state index is 0.203. The first kappa shape index (κ1) is 14.8. The van der Waals surface area contributed by atoms with E-state index in [2.05, 4.69) is 10.2 Å². The van der Waals surface area contributed by atoms with Crippen LogP contribution in [0.1, 0.15) is 51.4 Å². The summed E-state index contributed by atoms with van der Waals surface area (Å²) in [5.41, 5.74) is 5.62. The van der Waals surface area contributed by atoms with E-state index in [9.17, 15) is 4.79 Å². The van der Waals surface area contributed by atoms with Gasteiger partial charge in [-0.3, -0.25) is 9.69 Å². The van der Waals surface area contributed by atoms with Gasteiger partial charge in [-0.05, 0) is 44.6 Å². The van der Waals surface area contributed by atoms with E-state index >= 15 is 0 Å². The lowest BCUT2D eigenvalue weighted by Crippen LogP contribution is -2.45. The van der Waals surface area contributed by atoms with Gasteiger partial charge < -0.3 is 11.1 Å². The summed E-state index contributed by atoms with van der Waals surface area (Å²) in [5.74, 6) is 0.964. The molecule has 0 aromatic rings. The molecule has 4 nitrogen and oxygen atoms in total. The minimum Gasteiger partial charge on any atom is -0.355 e. The molecule has 0 radical (unpaired) electrons. The second-order valence-corrected chi connectivity index (χ2v) is 6.15. The van der Waals surface area contributed by atoms with Gasteiger partial charge in [0.25, 0.3) is 0 Å². The van der Waals surface area contributed by atoms with E-state index in [1.807, 2.05) is 0 Å². The number of nitrogens with zero attached hydrogens (tertiary/aromatic N) is 1. The summed E-state index contributed by atoms with van der Waals surface area (Å²) < 4.78 is 0. The zero-order chi connectivity index (χ0) is 13.5. The Morgan fingerprint density at radius 2 is 1.89 bits per heavy atom. The van der Waals surface area contributed by atoms with Gasteiger partial charge in [0.05, 0.1) is 6.54 Å². The van der Waals surface area contributed by atoms with Crippen molar-refractivity contribution in [2.75, 3.05) is 26.2 Å². The molecule has 0 saturated heterocycles. The Labute approximate surface area is 117 Å². The monoisotopic (exact) mass is 267 g/mol. The van der Waals surface area contributed by atoms with Crippen LogP contribution in [0.4, 0.5) is 0 Å². The molecule has 0 aliphatic heterocycles. The van der Waals surface area contributed by atoms with E-state index in [0.29, 0.717) is 19.1 Å². The normalized spacial score (nSPS) is 20.7. The maximum atomic E-state index is 12.0. The quantitative estimate of drug-likeness (QED) is 0.700. The third kappa shape index (κ3) is 5.49. The number of carbonyl (C=O) groups is 1. The van der Waals surface area contributed by atoms with Gasteiger partial charge in [-0.1, -0.05) is 19.3 Å². The molecule has 2 aliphatic carbocycles. The Kier molecular flexibility index (Phi) is 6.11. The van der Waals surface area contributed by atoms with Crippen molar-refractivity contribution in [2.45, 2.75) is 57.4 Å². The fraction of sp³-hybridized carbons (Fsp3) is 0.933. The molecule has 0 spiro atoms. The van der Waals surface area contributed by atoms with Crippen molar-refractivity contribution in [3.63, 3.8) is 0 Å². The van der Waals surface area contributed by atoms with E-state index in [1.54, 1.807) is 0 Å². The third-order valence-electron chi connectivity index (χ3n) is 4.37. The first-order valence-corrected chi connectivity index (χ1v) is 8.00. The number of hydrogen-bond donors (Lipinski definition) is 2. The van der Waals surface area contributed by atoms with Crippen molar-refractivity contribution in [3.8, 4) is 0 Å². The van der Waals surface area contributed by atoms with E-state index in [1.165, 1.54) is 44.9 Å². The standard InChI is InChI=1S/C15H29N3O/c16-9-4-10-18(14-5-2-1-3-6-14)12-15(19)17-11-13-7-8-13/h13-14H,1-12,16H2,(H,17,19). The number of nitrogens with one attached hydrogen (secondary N) is 1. The van der Waals surface area contributed by atoms with Crippen LogP contribution in [0, 0.1) is 5.92 Å². The molecule has 0 bridgehead atoms. The molecule has 3 N–H and O–H groups in total. The molecule has 2 fully saturated rings. The Morgan fingerprint density at radius 1 is 1.16 bits per heavy atom. The molecule has 19 heavy (non-hydrogen) atoms. The second-order valence-electron chi connectivity index (χ2n) is 6.15. The lowest BCUT2D eigenvalue weighted by atomic mass is 9.94. The molecular formula is C15H29N3O. The molecule has 1 amide bonds. The smallest absolute Gasteiger partial charge is 0.234 e. The molecule has 110 valence electrons. The van der Waals surface area contributed by atoms with E-state index in [0.717, 1.165) is 25.4 Å². The van der Waals surface area contributed by atoms with Crippen molar-refractivity contribution in [3.05, 3.63) is 0 Å². The first-order chi connectivity index (χ1) is 9.29. The molecule has 4 heteroatoms. The molecule has 2 aliphatic rings. The van der Waals surface area contributed by atoms with Gasteiger partial charge in [0.2, 0.25) is 5.91 Å². The number of amides is 1. The summed E-state index contributed by atoms with van der Waals surface area (Å²) in [7, 11) is 0. The largest absolute Gasteiger partial charge is 0.355 e. The SMILES string of the molecule is NCCCN(CC(=O)NCC1CC1)C1CCCCC1. The van der Waals surface area contributed by atoms with Crippen LogP contribution < -0.4 is 11.1 Å². The van der Waals surface area contributed by atoms with Crippen LogP contribution in [0.25, 0.3) is 0 Å². The van der Waals surface area contributed by atoms with Crippen molar-refractivity contribution in [1.82, 2.24) is 10.2 Å². The Balaban J connectivity index is 1.75. The van der Waals surface area contributed by atoms with Crippen molar-refractivity contribution in [2.24, 2.45) is 11.7 Å². The lowest BCUT2D eigenvalue weighted by Gasteiger charge is -2.33. The molecule has 0 heterocycles.